The fourth-order valence-electron chi connectivity index (χ4n) is 1.59. The van der Waals surface area contributed by atoms with Gasteiger partial charge in [-0.1, -0.05) is 6.07 Å². The highest BCUT2D eigenvalue weighted by Gasteiger charge is 2.32. The Bertz CT molecular complexity index is 461. The number of anilines is 1. The Hall–Kier alpha value is -1.27. The molecule has 0 heterocycles. The van der Waals surface area contributed by atoms with E-state index in [0.717, 1.165) is 6.07 Å². The van der Waals surface area contributed by atoms with Gasteiger partial charge in [-0.05, 0) is 38.0 Å². The van der Waals surface area contributed by atoms with Gasteiger partial charge in [0.05, 0.1) is 5.56 Å². The van der Waals surface area contributed by atoms with Crippen LogP contribution in [-0.2, 0) is 11.0 Å². The number of carbonyl (C=O) groups excluding carboxylic acids is 1. The van der Waals surface area contributed by atoms with E-state index in [1.165, 1.54) is 19.1 Å². The summed E-state index contributed by atoms with van der Waals surface area (Å²) in [7, 11) is 0. The molecule has 1 aromatic carbocycles. The molecule has 20 heavy (non-hydrogen) atoms. The molecule has 0 bridgehead atoms. The van der Waals surface area contributed by atoms with Crippen LogP contribution in [0.2, 0.25) is 0 Å². The van der Waals surface area contributed by atoms with E-state index in [4.69, 9.17) is 5.73 Å². The second-order valence-electron chi connectivity index (χ2n) is 4.59. The van der Waals surface area contributed by atoms with E-state index in [2.05, 4.69) is 5.32 Å². The molecule has 0 saturated carbocycles. The first-order chi connectivity index (χ1) is 8.70. The topological polar surface area (TPSA) is 55.1 Å². The average Bonchev–Trinajstić information content (AvgIpc) is 2.27. The molecule has 114 valence electrons. The van der Waals surface area contributed by atoms with E-state index in [0.29, 0.717) is 6.42 Å². The Labute approximate surface area is 122 Å². The number of halogens is 4. The van der Waals surface area contributed by atoms with E-state index in [1.807, 2.05) is 0 Å². The summed E-state index contributed by atoms with van der Waals surface area (Å²) >= 11 is 0. The monoisotopic (exact) mass is 310 g/mol. The van der Waals surface area contributed by atoms with Gasteiger partial charge in [-0.3, -0.25) is 4.79 Å². The van der Waals surface area contributed by atoms with Crippen molar-refractivity contribution in [3.63, 3.8) is 0 Å². The highest BCUT2D eigenvalue weighted by atomic mass is 35.5. The minimum atomic E-state index is -4.42. The number of carbonyl (C=O) groups is 1. The standard InChI is InChI=1S/C13H17F3N2O.ClH/c1-8-3-5-10(7-11(8)13(14,15)16)18-12(19)6-4-9(2)17;/h3,5,7,9H,4,6,17H2,1-2H3,(H,18,19);1H. The van der Waals surface area contributed by atoms with E-state index in [1.54, 1.807) is 6.92 Å². The molecule has 0 aliphatic rings. The van der Waals surface area contributed by atoms with Crippen LogP contribution in [0.3, 0.4) is 0 Å². The van der Waals surface area contributed by atoms with Gasteiger partial charge in [-0.2, -0.15) is 13.2 Å². The van der Waals surface area contributed by atoms with Crippen molar-refractivity contribution in [3.05, 3.63) is 29.3 Å². The Kier molecular flexibility index (Phi) is 7.02. The quantitative estimate of drug-likeness (QED) is 0.894. The van der Waals surface area contributed by atoms with Crippen LogP contribution in [0.1, 0.15) is 30.9 Å². The first kappa shape index (κ1) is 18.7. The number of nitrogens with one attached hydrogen (secondary N) is 1. The van der Waals surface area contributed by atoms with E-state index >= 15 is 0 Å². The van der Waals surface area contributed by atoms with Gasteiger partial charge < -0.3 is 11.1 Å². The predicted molar refractivity (Wildman–Crippen MR) is 74.9 cm³/mol. The Morgan fingerprint density at radius 3 is 2.50 bits per heavy atom. The molecule has 1 aromatic rings. The Balaban J connectivity index is 0.00000361. The SMILES string of the molecule is Cc1ccc(NC(=O)CCC(C)N)cc1C(F)(F)F.Cl. The molecule has 3 nitrogen and oxygen atoms in total. The summed E-state index contributed by atoms with van der Waals surface area (Å²) in [6, 6.07) is 3.62. The number of benzene rings is 1. The van der Waals surface area contributed by atoms with Gasteiger partial charge >= 0.3 is 6.18 Å². The van der Waals surface area contributed by atoms with Crippen molar-refractivity contribution in [1.82, 2.24) is 0 Å². The van der Waals surface area contributed by atoms with Crippen molar-refractivity contribution in [2.45, 2.75) is 38.9 Å². The summed E-state index contributed by atoms with van der Waals surface area (Å²) in [4.78, 5) is 11.5. The second-order valence-corrected chi connectivity index (χ2v) is 4.59. The molecular formula is C13H18ClF3N2O. The van der Waals surface area contributed by atoms with Crippen molar-refractivity contribution >= 4 is 24.0 Å². The first-order valence-electron chi connectivity index (χ1n) is 5.93. The smallest absolute Gasteiger partial charge is 0.328 e. The molecule has 1 unspecified atom stereocenters. The zero-order valence-electron chi connectivity index (χ0n) is 11.3. The zero-order chi connectivity index (χ0) is 14.6. The van der Waals surface area contributed by atoms with Crippen LogP contribution >= 0.6 is 12.4 Å². The largest absolute Gasteiger partial charge is 0.416 e. The highest BCUT2D eigenvalue weighted by molar-refractivity contribution is 5.90. The molecule has 1 amide bonds. The average molecular weight is 311 g/mol. The van der Waals surface area contributed by atoms with Crippen molar-refractivity contribution < 1.29 is 18.0 Å². The number of aryl methyl sites for hydroxylation is 1. The van der Waals surface area contributed by atoms with Gasteiger partial charge in [0, 0.05) is 18.2 Å². The fourth-order valence-corrected chi connectivity index (χ4v) is 1.59. The van der Waals surface area contributed by atoms with Crippen molar-refractivity contribution in [1.29, 1.82) is 0 Å². The maximum Gasteiger partial charge on any atom is 0.416 e. The number of alkyl halides is 3. The van der Waals surface area contributed by atoms with Crippen LogP contribution in [0.25, 0.3) is 0 Å². The third kappa shape index (κ3) is 5.79. The van der Waals surface area contributed by atoms with Crippen LogP contribution < -0.4 is 11.1 Å². The van der Waals surface area contributed by atoms with Crippen LogP contribution in [0, 0.1) is 6.92 Å². The molecule has 3 N–H and O–H groups in total. The lowest BCUT2D eigenvalue weighted by molar-refractivity contribution is -0.138. The number of hydrogen-bond donors (Lipinski definition) is 2. The first-order valence-corrected chi connectivity index (χ1v) is 5.93. The molecule has 7 heteroatoms. The van der Waals surface area contributed by atoms with Crippen molar-refractivity contribution in [3.8, 4) is 0 Å². The summed E-state index contributed by atoms with van der Waals surface area (Å²) < 4.78 is 38.1. The van der Waals surface area contributed by atoms with Crippen LogP contribution in [-0.4, -0.2) is 11.9 Å². The molecule has 0 aliphatic heterocycles. The van der Waals surface area contributed by atoms with Crippen LogP contribution in [0.5, 0.6) is 0 Å². The van der Waals surface area contributed by atoms with Gasteiger partial charge in [-0.15, -0.1) is 12.4 Å². The molecule has 1 atom stereocenters. The molecule has 0 aromatic heterocycles. The van der Waals surface area contributed by atoms with Gasteiger partial charge in [0.1, 0.15) is 0 Å². The second kappa shape index (κ2) is 7.50. The number of rotatable bonds is 4. The molecule has 0 fully saturated rings. The van der Waals surface area contributed by atoms with E-state index in [-0.39, 0.29) is 42.0 Å². The molecule has 0 aliphatic carbocycles. The maximum absolute atomic E-state index is 12.7. The lowest BCUT2D eigenvalue weighted by atomic mass is 10.1. The summed E-state index contributed by atoms with van der Waals surface area (Å²) in [6.07, 6.45) is -3.74. The molecular weight excluding hydrogens is 293 g/mol. The number of hydrogen-bond acceptors (Lipinski definition) is 2. The van der Waals surface area contributed by atoms with Gasteiger partial charge in [-0.25, -0.2) is 0 Å². The van der Waals surface area contributed by atoms with Crippen molar-refractivity contribution in [2.24, 2.45) is 5.73 Å². The molecule has 1 rings (SSSR count). The molecule has 0 spiro atoms. The van der Waals surface area contributed by atoms with Gasteiger partial charge in [0.2, 0.25) is 5.91 Å². The van der Waals surface area contributed by atoms with Gasteiger partial charge in [0.15, 0.2) is 0 Å². The summed E-state index contributed by atoms with van der Waals surface area (Å²) in [5.74, 6) is -0.339. The molecule has 0 saturated heterocycles. The van der Waals surface area contributed by atoms with E-state index in [9.17, 15) is 18.0 Å². The van der Waals surface area contributed by atoms with Gasteiger partial charge in [0.25, 0.3) is 0 Å². The zero-order valence-corrected chi connectivity index (χ0v) is 12.1. The van der Waals surface area contributed by atoms with Crippen LogP contribution in [0.15, 0.2) is 18.2 Å². The minimum Gasteiger partial charge on any atom is -0.328 e. The number of nitrogens with two attached hydrogens (primary N) is 1. The lowest BCUT2D eigenvalue weighted by Crippen LogP contribution is -2.19. The normalized spacial score (nSPS) is 12.5. The predicted octanol–water partition coefficient (Wildman–Crippen LogP) is 3.50. The number of amides is 1. The van der Waals surface area contributed by atoms with Crippen LogP contribution in [0.4, 0.5) is 18.9 Å². The Morgan fingerprint density at radius 2 is 2.00 bits per heavy atom. The third-order valence-corrected chi connectivity index (χ3v) is 2.65. The summed E-state index contributed by atoms with van der Waals surface area (Å²) in [5.41, 5.74) is 5.04. The lowest BCUT2D eigenvalue weighted by Gasteiger charge is -2.13. The van der Waals surface area contributed by atoms with E-state index < -0.39 is 11.7 Å². The summed E-state index contributed by atoms with van der Waals surface area (Å²) in [6.45, 7) is 3.14. The third-order valence-electron chi connectivity index (χ3n) is 2.65. The minimum absolute atomic E-state index is 0. The van der Waals surface area contributed by atoms with Crippen molar-refractivity contribution in [2.75, 3.05) is 5.32 Å². The Morgan fingerprint density at radius 1 is 1.40 bits per heavy atom. The molecule has 0 radical (unpaired) electrons. The fraction of sp³-hybridized carbons (Fsp3) is 0.462. The maximum atomic E-state index is 12.7. The highest BCUT2D eigenvalue weighted by Crippen LogP contribution is 2.33. The summed E-state index contributed by atoms with van der Waals surface area (Å²) in [5, 5.41) is 2.44.